The average Bonchev–Trinajstić information content (AvgIpc) is 2.84. The minimum Gasteiger partial charge on any atom is -0.331 e. The second kappa shape index (κ2) is 6.14. The summed E-state index contributed by atoms with van der Waals surface area (Å²) in [4.78, 5) is 4.87. The highest BCUT2D eigenvalue weighted by atomic mass is 32.2. The highest BCUT2D eigenvalue weighted by molar-refractivity contribution is 7.89. The van der Waals surface area contributed by atoms with Gasteiger partial charge in [0.1, 0.15) is 5.82 Å². The first-order chi connectivity index (χ1) is 11.0. The van der Waals surface area contributed by atoms with E-state index >= 15 is 0 Å². The standard InChI is InChI=1S/C17H19N3O2S/c1-13-7-3-6-10-16(13)23(21,22)18-12-11-17-19-14-8-4-5-9-15(14)20(17)2/h3-10,18H,11-12H2,1-2H3. The number of rotatable bonds is 5. The first kappa shape index (κ1) is 15.7. The van der Waals surface area contributed by atoms with Gasteiger partial charge < -0.3 is 4.57 Å². The average molecular weight is 329 g/mol. The predicted octanol–water partition coefficient (Wildman–Crippen LogP) is 2.40. The van der Waals surface area contributed by atoms with Gasteiger partial charge in [-0.15, -0.1) is 0 Å². The molecule has 0 fully saturated rings. The molecule has 0 saturated carbocycles. The highest BCUT2D eigenvalue weighted by Crippen LogP contribution is 2.16. The Kier molecular flexibility index (Phi) is 4.19. The van der Waals surface area contributed by atoms with Crippen molar-refractivity contribution in [3.63, 3.8) is 0 Å². The van der Waals surface area contributed by atoms with Gasteiger partial charge in [-0.2, -0.15) is 0 Å². The van der Waals surface area contributed by atoms with Crippen molar-refractivity contribution >= 4 is 21.1 Å². The first-order valence-corrected chi connectivity index (χ1v) is 8.93. The van der Waals surface area contributed by atoms with E-state index in [1.807, 2.05) is 41.9 Å². The summed E-state index contributed by atoms with van der Waals surface area (Å²) in [7, 11) is -1.55. The van der Waals surface area contributed by atoms with Crippen molar-refractivity contribution in [2.75, 3.05) is 6.54 Å². The van der Waals surface area contributed by atoms with Gasteiger partial charge in [0.2, 0.25) is 10.0 Å². The van der Waals surface area contributed by atoms with Crippen molar-refractivity contribution in [3.8, 4) is 0 Å². The Hall–Kier alpha value is -2.18. The van der Waals surface area contributed by atoms with Gasteiger partial charge in [-0.05, 0) is 30.7 Å². The van der Waals surface area contributed by atoms with Crippen LogP contribution >= 0.6 is 0 Å². The number of aryl methyl sites for hydroxylation is 2. The fourth-order valence-corrected chi connectivity index (χ4v) is 3.93. The van der Waals surface area contributed by atoms with Crippen LogP contribution in [-0.4, -0.2) is 24.5 Å². The number of sulfonamides is 1. The fourth-order valence-electron chi connectivity index (χ4n) is 2.65. The number of hydrogen-bond donors (Lipinski definition) is 1. The van der Waals surface area contributed by atoms with E-state index in [0.717, 1.165) is 22.4 Å². The third-order valence-corrected chi connectivity index (χ3v) is 5.52. The molecule has 3 aromatic rings. The second-order valence-corrected chi connectivity index (χ2v) is 7.22. The van der Waals surface area contributed by atoms with Gasteiger partial charge in [0.05, 0.1) is 15.9 Å². The predicted molar refractivity (Wildman–Crippen MR) is 90.8 cm³/mol. The first-order valence-electron chi connectivity index (χ1n) is 7.45. The third kappa shape index (κ3) is 3.13. The maximum Gasteiger partial charge on any atom is 0.240 e. The van der Waals surface area contributed by atoms with Crippen LogP contribution in [0.4, 0.5) is 0 Å². The summed E-state index contributed by atoms with van der Waals surface area (Å²) in [5.74, 6) is 0.860. The molecule has 23 heavy (non-hydrogen) atoms. The number of para-hydroxylation sites is 2. The van der Waals surface area contributed by atoms with E-state index in [-0.39, 0.29) is 0 Å². The summed E-state index contributed by atoms with van der Waals surface area (Å²) in [6, 6.07) is 14.8. The van der Waals surface area contributed by atoms with Crippen LogP contribution in [0.1, 0.15) is 11.4 Å². The molecule has 0 aliphatic rings. The molecule has 120 valence electrons. The van der Waals surface area contributed by atoms with E-state index in [9.17, 15) is 8.42 Å². The highest BCUT2D eigenvalue weighted by Gasteiger charge is 2.16. The molecular formula is C17H19N3O2S. The normalized spacial score (nSPS) is 11.9. The van der Waals surface area contributed by atoms with Gasteiger partial charge in [0.25, 0.3) is 0 Å². The molecule has 0 bridgehead atoms. The van der Waals surface area contributed by atoms with Crippen molar-refractivity contribution in [2.24, 2.45) is 7.05 Å². The lowest BCUT2D eigenvalue weighted by Gasteiger charge is -2.09. The minimum atomic E-state index is -3.49. The summed E-state index contributed by atoms with van der Waals surface area (Å²) < 4.78 is 29.4. The van der Waals surface area contributed by atoms with Gasteiger partial charge in [-0.1, -0.05) is 30.3 Å². The third-order valence-electron chi connectivity index (χ3n) is 3.90. The van der Waals surface area contributed by atoms with Crippen LogP contribution in [0.3, 0.4) is 0 Å². The van der Waals surface area contributed by atoms with Crippen molar-refractivity contribution in [1.82, 2.24) is 14.3 Å². The Morgan fingerprint density at radius 2 is 1.78 bits per heavy atom. The number of benzene rings is 2. The Bertz CT molecular complexity index is 945. The number of imidazole rings is 1. The van der Waals surface area contributed by atoms with Gasteiger partial charge >= 0.3 is 0 Å². The zero-order valence-electron chi connectivity index (χ0n) is 13.2. The summed E-state index contributed by atoms with van der Waals surface area (Å²) in [5, 5.41) is 0. The van der Waals surface area contributed by atoms with Crippen LogP contribution in [-0.2, 0) is 23.5 Å². The number of aromatic nitrogens is 2. The Labute approximate surface area is 136 Å². The van der Waals surface area contributed by atoms with E-state index in [1.54, 1.807) is 25.1 Å². The second-order valence-electron chi connectivity index (χ2n) is 5.49. The topological polar surface area (TPSA) is 64.0 Å². The SMILES string of the molecule is Cc1ccccc1S(=O)(=O)NCCc1nc2ccccc2n1C. The summed E-state index contributed by atoms with van der Waals surface area (Å²) in [5.41, 5.74) is 2.71. The smallest absolute Gasteiger partial charge is 0.240 e. The molecule has 0 spiro atoms. The molecule has 1 aromatic heterocycles. The lowest BCUT2D eigenvalue weighted by molar-refractivity contribution is 0.579. The molecule has 6 heteroatoms. The molecule has 2 aromatic carbocycles. The maximum absolute atomic E-state index is 12.4. The lowest BCUT2D eigenvalue weighted by atomic mass is 10.2. The van der Waals surface area contributed by atoms with Gasteiger partial charge in [0, 0.05) is 20.0 Å². The Morgan fingerprint density at radius 3 is 2.52 bits per heavy atom. The zero-order valence-corrected chi connectivity index (χ0v) is 14.0. The van der Waals surface area contributed by atoms with E-state index in [4.69, 9.17) is 0 Å². The zero-order chi connectivity index (χ0) is 16.4. The summed E-state index contributed by atoms with van der Waals surface area (Å²) in [6.07, 6.45) is 0.538. The van der Waals surface area contributed by atoms with Crippen LogP contribution < -0.4 is 4.72 Å². The number of nitrogens with one attached hydrogen (secondary N) is 1. The molecule has 0 saturated heterocycles. The van der Waals surface area contributed by atoms with Crippen LogP contribution in [0, 0.1) is 6.92 Å². The molecule has 0 unspecified atom stereocenters. The van der Waals surface area contributed by atoms with Gasteiger partial charge in [0.15, 0.2) is 0 Å². The van der Waals surface area contributed by atoms with Crippen molar-refractivity contribution in [3.05, 3.63) is 59.9 Å². The molecule has 3 rings (SSSR count). The van der Waals surface area contributed by atoms with E-state index in [2.05, 4.69) is 9.71 Å². The number of fused-ring (bicyclic) bond motifs is 1. The van der Waals surface area contributed by atoms with E-state index < -0.39 is 10.0 Å². The molecule has 1 N–H and O–H groups in total. The van der Waals surface area contributed by atoms with Crippen LogP contribution in [0.25, 0.3) is 11.0 Å². The van der Waals surface area contributed by atoms with Crippen LogP contribution in [0.5, 0.6) is 0 Å². The molecule has 0 atom stereocenters. The number of nitrogens with zero attached hydrogens (tertiary/aromatic N) is 2. The maximum atomic E-state index is 12.4. The summed E-state index contributed by atoms with van der Waals surface area (Å²) >= 11 is 0. The fraction of sp³-hybridized carbons (Fsp3) is 0.235. The van der Waals surface area contributed by atoms with Crippen molar-refractivity contribution < 1.29 is 8.42 Å². The van der Waals surface area contributed by atoms with Crippen LogP contribution in [0.15, 0.2) is 53.4 Å². The Morgan fingerprint density at radius 1 is 1.09 bits per heavy atom. The monoisotopic (exact) mass is 329 g/mol. The van der Waals surface area contributed by atoms with Crippen LogP contribution in [0.2, 0.25) is 0 Å². The van der Waals surface area contributed by atoms with Crippen molar-refractivity contribution in [2.45, 2.75) is 18.2 Å². The largest absolute Gasteiger partial charge is 0.331 e. The Balaban J connectivity index is 1.74. The molecule has 0 aliphatic carbocycles. The molecule has 1 heterocycles. The van der Waals surface area contributed by atoms with Gasteiger partial charge in [-0.25, -0.2) is 18.1 Å². The summed E-state index contributed by atoms with van der Waals surface area (Å²) in [6.45, 7) is 2.11. The lowest BCUT2D eigenvalue weighted by Crippen LogP contribution is -2.27. The van der Waals surface area contributed by atoms with Crippen molar-refractivity contribution in [1.29, 1.82) is 0 Å². The molecular weight excluding hydrogens is 310 g/mol. The number of hydrogen-bond acceptors (Lipinski definition) is 3. The van der Waals surface area contributed by atoms with Gasteiger partial charge in [-0.3, -0.25) is 0 Å². The van der Waals surface area contributed by atoms with E-state index in [1.165, 1.54) is 0 Å². The molecule has 0 radical (unpaired) electrons. The van der Waals surface area contributed by atoms with E-state index in [0.29, 0.717) is 17.9 Å². The molecule has 0 aliphatic heterocycles. The molecule has 5 nitrogen and oxygen atoms in total. The molecule has 0 amide bonds. The quantitative estimate of drug-likeness (QED) is 0.782. The minimum absolute atomic E-state index is 0.313.